The molecule has 39 heavy (non-hydrogen) atoms. The van der Waals surface area contributed by atoms with Gasteiger partial charge in [0, 0.05) is 39.1 Å². The van der Waals surface area contributed by atoms with Crippen LogP contribution in [0, 0.1) is 0 Å². The predicted molar refractivity (Wildman–Crippen MR) is 152 cm³/mol. The number of nitrogens with zero attached hydrogens (tertiary/aromatic N) is 2. The molecular formula is C31H35N3O5. The molecule has 0 aromatic heterocycles. The number of rotatable bonds is 12. The number of hydrazine groups is 1. The maximum absolute atomic E-state index is 13.9. The molecule has 0 saturated carbocycles. The van der Waals surface area contributed by atoms with Crippen molar-refractivity contribution in [2.24, 2.45) is 4.99 Å². The minimum Gasteiger partial charge on any atom is -0.497 e. The summed E-state index contributed by atoms with van der Waals surface area (Å²) in [6, 6.07) is 24.8. The summed E-state index contributed by atoms with van der Waals surface area (Å²) in [5.41, 5.74) is 4.16. The van der Waals surface area contributed by atoms with Crippen molar-refractivity contribution in [2.75, 3.05) is 34.4 Å². The summed E-state index contributed by atoms with van der Waals surface area (Å²) in [5, 5.41) is 10.6. The van der Waals surface area contributed by atoms with E-state index in [4.69, 9.17) is 24.3 Å². The third-order valence-corrected chi connectivity index (χ3v) is 6.29. The molecule has 204 valence electrons. The van der Waals surface area contributed by atoms with E-state index in [9.17, 15) is 4.79 Å². The summed E-state index contributed by atoms with van der Waals surface area (Å²) >= 11 is 0. The molecule has 0 bridgehead atoms. The van der Waals surface area contributed by atoms with E-state index < -0.39 is 11.6 Å². The molecule has 0 aliphatic carbocycles. The minimum absolute atomic E-state index is 0.0736. The summed E-state index contributed by atoms with van der Waals surface area (Å²) in [5.74, 6) is 1.43. The van der Waals surface area contributed by atoms with Crippen LogP contribution < -0.4 is 14.9 Å². The van der Waals surface area contributed by atoms with Gasteiger partial charge in [-0.3, -0.25) is 10.2 Å². The largest absolute Gasteiger partial charge is 0.497 e. The maximum atomic E-state index is 13.9. The lowest BCUT2D eigenvalue weighted by molar-refractivity contribution is -0.132. The summed E-state index contributed by atoms with van der Waals surface area (Å²) in [6.07, 6.45) is 4.10. The molecule has 0 unspecified atom stereocenters. The van der Waals surface area contributed by atoms with Crippen LogP contribution in [0.2, 0.25) is 0 Å². The van der Waals surface area contributed by atoms with Crippen molar-refractivity contribution in [1.29, 1.82) is 0 Å². The van der Waals surface area contributed by atoms with Crippen molar-refractivity contribution in [3.05, 3.63) is 102 Å². The van der Waals surface area contributed by atoms with Gasteiger partial charge in [-0.15, -0.1) is 0 Å². The molecule has 0 fully saturated rings. The van der Waals surface area contributed by atoms with Crippen molar-refractivity contribution in [2.45, 2.75) is 24.5 Å². The Balaban J connectivity index is 1.75. The van der Waals surface area contributed by atoms with Crippen LogP contribution >= 0.6 is 0 Å². The first-order chi connectivity index (χ1) is 18.9. The molecule has 1 heterocycles. The number of carbonyl (C=O) groups is 1. The van der Waals surface area contributed by atoms with Gasteiger partial charge < -0.3 is 19.3 Å². The molecule has 3 aromatic carbocycles. The second-order valence-electron chi connectivity index (χ2n) is 9.42. The number of amides is 1. The van der Waals surface area contributed by atoms with Gasteiger partial charge in [-0.2, -0.15) is 0 Å². The first kappa shape index (κ1) is 27.9. The number of aliphatic hydroxyl groups excluding tert-OH is 1. The van der Waals surface area contributed by atoms with Gasteiger partial charge >= 0.3 is 0 Å². The third-order valence-electron chi connectivity index (χ3n) is 6.29. The van der Waals surface area contributed by atoms with Crippen LogP contribution in [0.25, 0.3) is 6.08 Å². The van der Waals surface area contributed by atoms with E-state index in [0.717, 1.165) is 16.7 Å². The summed E-state index contributed by atoms with van der Waals surface area (Å²) in [4.78, 5) is 18.9. The quantitative estimate of drug-likeness (QED) is 0.267. The van der Waals surface area contributed by atoms with E-state index in [1.54, 1.807) is 26.2 Å². The molecule has 2 atom stereocenters. The van der Waals surface area contributed by atoms with E-state index in [-0.39, 0.29) is 12.5 Å². The van der Waals surface area contributed by atoms with Gasteiger partial charge in [-0.05, 0) is 47.5 Å². The highest BCUT2D eigenvalue weighted by Crippen LogP contribution is 2.43. The molecule has 0 spiro atoms. The van der Waals surface area contributed by atoms with Crippen LogP contribution in [0.5, 0.6) is 11.5 Å². The lowest BCUT2D eigenvalue weighted by Gasteiger charge is -2.31. The molecule has 3 aromatic rings. The van der Waals surface area contributed by atoms with Gasteiger partial charge in [0.25, 0.3) is 5.91 Å². The number of hydrogen-bond acceptors (Lipinski definition) is 7. The molecule has 1 aliphatic heterocycles. The SMILES string of the molecule is COc1cccc([C@@H]2OC(c3ccc(OCCCO)cc3)=N[C@]2(C/C=C/c2ccccc2)C(=O)NN(C)C)c1. The van der Waals surface area contributed by atoms with E-state index in [0.29, 0.717) is 36.8 Å². The molecular weight excluding hydrogens is 494 g/mol. The number of ether oxygens (including phenoxy) is 3. The summed E-state index contributed by atoms with van der Waals surface area (Å²) in [7, 11) is 5.14. The Kier molecular flexibility index (Phi) is 9.35. The Bertz CT molecular complexity index is 1290. The van der Waals surface area contributed by atoms with Crippen LogP contribution in [0.1, 0.15) is 35.6 Å². The molecule has 0 saturated heterocycles. The topological polar surface area (TPSA) is 92.6 Å². The molecule has 2 N–H and O–H groups in total. The van der Waals surface area contributed by atoms with Gasteiger partial charge in [0.2, 0.25) is 5.90 Å². The normalized spacial score (nSPS) is 18.6. The minimum atomic E-state index is -1.28. The van der Waals surface area contributed by atoms with E-state index in [1.807, 2.05) is 91.0 Å². The summed E-state index contributed by atoms with van der Waals surface area (Å²) in [6.45, 7) is 0.497. The Morgan fingerprint density at radius 2 is 1.85 bits per heavy atom. The van der Waals surface area contributed by atoms with Gasteiger partial charge in [0.15, 0.2) is 11.6 Å². The van der Waals surface area contributed by atoms with E-state index >= 15 is 0 Å². The second kappa shape index (κ2) is 13.1. The number of aliphatic imine (C=N–C) groups is 1. The lowest BCUT2D eigenvalue weighted by atomic mass is 9.84. The Labute approximate surface area is 229 Å². The third kappa shape index (κ3) is 6.85. The zero-order valence-electron chi connectivity index (χ0n) is 22.5. The van der Waals surface area contributed by atoms with Crippen LogP contribution in [0.4, 0.5) is 0 Å². The zero-order chi connectivity index (χ0) is 27.7. The Morgan fingerprint density at radius 3 is 2.54 bits per heavy atom. The zero-order valence-corrected chi connectivity index (χ0v) is 22.5. The monoisotopic (exact) mass is 529 g/mol. The Morgan fingerprint density at radius 1 is 1.08 bits per heavy atom. The van der Waals surface area contributed by atoms with Gasteiger partial charge in [-0.1, -0.05) is 54.6 Å². The lowest BCUT2D eigenvalue weighted by Crippen LogP contribution is -2.52. The molecule has 8 nitrogen and oxygen atoms in total. The number of hydrogen-bond donors (Lipinski definition) is 2. The van der Waals surface area contributed by atoms with Crippen LogP contribution in [0.15, 0.2) is 89.9 Å². The van der Waals surface area contributed by atoms with Crippen LogP contribution in [-0.4, -0.2) is 61.9 Å². The van der Waals surface area contributed by atoms with Gasteiger partial charge in [-0.25, -0.2) is 10.0 Å². The van der Waals surface area contributed by atoms with Crippen molar-refractivity contribution in [3.8, 4) is 11.5 Å². The van der Waals surface area contributed by atoms with E-state index in [2.05, 4.69) is 5.43 Å². The average molecular weight is 530 g/mol. The molecule has 4 rings (SSSR count). The number of carbonyl (C=O) groups excluding carboxylic acids is 1. The summed E-state index contributed by atoms with van der Waals surface area (Å²) < 4.78 is 17.6. The average Bonchev–Trinajstić information content (AvgIpc) is 3.35. The number of benzene rings is 3. The van der Waals surface area contributed by atoms with Crippen molar-refractivity contribution in [3.63, 3.8) is 0 Å². The molecule has 0 radical (unpaired) electrons. The number of nitrogens with one attached hydrogen (secondary N) is 1. The van der Waals surface area contributed by atoms with Gasteiger partial charge in [0.05, 0.1) is 13.7 Å². The first-order valence-corrected chi connectivity index (χ1v) is 12.9. The predicted octanol–water partition coefficient (Wildman–Crippen LogP) is 4.41. The fraction of sp³-hybridized carbons (Fsp3) is 0.290. The number of methoxy groups -OCH3 is 1. The molecule has 1 aliphatic rings. The number of aliphatic hydroxyl groups is 1. The molecule has 8 heteroatoms. The molecule has 1 amide bonds. The Hall–Kier alpha value is -4.14. The highest BCUT2D eigenvalue weighted by Gasteiger charge is 2.53. The van der Waals surface area contributed by atoms with Crippen molar-refractivity contribution in [1.82, 2.24) is 10.4 Å². The first-order valence-electron chi connectivity index (χ1n) is 12.9. The fourth-order valence-electron chi connectivity index (χ4n) is 4.36. The highest BCUT2D eigenvalue weighted by atomic mass is 16.5. The highest BCUT2D eigenvalue weighted by molar-refractivity contribution is 6.01. The van der Waals surface area contributed by atoms with Crippen molar-refractivity contribution < 1.29 is 24.1 Å². The van der Waals surface area contributed by atoms with Crippen LogP contribution in [-0.2, 0) is 9.53 Å². The van der Waals surface area contributed by atoms with Crippen LogP contribution in [0.3, 0.4) is 0 Å². The smallest absolute Gasteiger partial charge is 0.266 e. The second-order valence-corrected chi connectivity index (χ2v) is 9.42. The van der Waals surface area contributed by atoms with Crippen molar-refractivity contribution >= 4 is 17.9 Å². The van der Waals surface area contributed by atoms with Gasteiger partial charge in [0.1, 0.15) is 11.5 Å². The fourth-order valence-corrected chi connectivity index (χ4v) is 4.36. The van der Waals surface area contributed by atoms with E-state index in [1.165, 1.54) is 0 Å². The standard InChI is InChI=1S/C31H35N3O5/c1-34(2)33-30(36)31(19-8-12-23-10-5-4-6-11-23)28(25-13-7-14-27(22-25)37-3)39-29(32-31)24-15-17-26(18-16-24)38-21-9-20-35/h4-8,10-18,22,28,35H,9,19-21H2,1-3H3,(H,33,36)/b12-8+/t28-,31-/m0/s1. The maximum Gasteiger partial charge on any atom is 0.266 e.